The summed E-state index contributed by atoms with van der Waals surface area (Å²) in [5.74, 6) is 0.482. The molecule has 0 aromatic carbocycles. The van der Waals surface area contributed by atoms with Crippen molar-refractivity contribution < 1.29 is 9.53 Å². The monoisotopic (exact) mass is 192 g/mol. The van der Waals surface area contributed by atoms with E-state index >= 15 is 0 Å². The summed E-state index contributed by atoms with van der Waals surface area (Å²) in [4.78, 5) is 11.1. The van der Waals surface area contributed by atoms with Crippen molar-refractivity contribution in [2.75, 3.05) is 5.88 Å². The summed E-state index contributed by atoms with van der Waals surface area (Å²) in [6, 6.07) is 0. The Morgan fingerprint density at radius 3 is 2.33 bits per heavy atom. The Kier molecular flexibility index (Phi) is 5.31. The van der Waals surface area contributed by atoms with Crippen molar-refractivity contribution in [3.8, 4) is 0 Å². The molecular formula is C9H17ClO2. The first-order valence-corrected chi connectivity index (χ1v) is 4.77. The van der Waals surface area contributed by atoms with Gasteiger partial charge in [0.25, 0.3) is 0 Å². The maximum absolute atomic E-state index is 11.1. The van der Waals surface area contributed by atoms with Gasteiger partial charge in [-0.1, -0.05) is 0 Å². The van der Waals surface area contributed by atoms with Gasteiger partial charge in [0, 0.05) is 12.3 Å². The Hall–Kier alpha value is -0.240. The molecule has 0 aromatic rings. The average molecular weight is 193 g/mol. The van der Waals surface area contributed by atoms with Crippen LogP contribution in [0, 0.1) is 0 Å². The molecule has 12 heavy (non-hydrogen) atoms. The second-order valence-electron chi connectivity index (χ2n) is 3.73. The summed E-state index contributed by atoms with van der Waals surface area (Å²) in [5, 5.41) is 0. The number of unbranched alkanes of at least 4 members (excludes halogenated alkanes) is 1. The molecule has 0 aliphatic carbocycles. The van der Waals surface area contributed by atoms with Gasteiger partial charge in [-0.15, -0.1) is 11.6 Å². The molecule has 0 N–H and O–H groups in total. The Labute approximate surface area is 79.2 Å². The maximum atomic E-state index is 11.1. The molecule has 0 rings (SSSR count). The molecule has 0 radical (unpaired) electrons. The molecule has 0 saturated carbocycles. The Morgan fingerprint density at radius 1 is 1.33 bits per heavy atom. The van der Waals surface area contributed by atoms with E-state index < -0.39 is 0 Å². The van der Waals surface area contributed by atoms with Crippen LogP contribution >= 0.6 is 11.6 Å². The number of hydrogen-bond donors (Lipinski definition) is 0. The lowest BCUT2D eigenvalue weighted by atomic mass is 10.2. The van der Waals surface area contributed by atoms with E-state index in [9.17, 15) is 4.79 Å². The smallest absolute Gasteiger partial charge is 0.306 e. The van der Waals surface area contributed by atoms with Crippen molar-refractivity contribution in [2.24, 2.45) is 0 Å². The second kappa shape index (κ2) is 5.41. The molecule has 0 aromatic heterocycles. The van der Waals surface area contributed by atoms with Crippen LogP contribution < -0.4 is 0 Å². The van der Waals surface area contributed by atoms with E-state index in [1.807, 2.05) is 20.8 Å². The lowest BCUT2D eigenvalue weighted by molar-refractivity contribution is -0.154. The summed E-state index contributed by atoms with van der Waals surface area (Å²) in [5.41, 5.74) is -0.363. The minimum Gasteiger partial charge on any atom is -0.460 e. The highest BCUT2D eigenvalue weighted by Gasteiger charge is 2.15. The van der Waals surface area contributed by atoms with Gasteiger partial charge >= 0.3 is 5.97 Å². The Morgan fingerprint density at radius 2 is 1.92 bits per heavy atom. The standard InChI is InChI=1S/C9H17ClO2/c1-9(2,3)12-8(11)6-4-5-7-10/h4-7H2,1-3H3. The summed E-state index contributed by atoms with van der Waals surface area (Å²) in [6.45, 7) is 5.60. The predicted octanol–water partition coefficient (Wildman–Crippen LogP) is 2.74. The van der Waals surface area contributed by atoms with E-state index in [1.165, 1.54) is 0 Å². The molecule has 72 valence electrons. The number of hydrogen-bond acceptors (Lipinski definition) is 2. The molecule has 0 unspecified atom stereocenters. The molecule has 0 bridgehead atoms. The highest BCUT2D eigenvalue weighted by atomic mass is 35.5. The first-order chi connectivity index (χ1) is 5.45. The highest BCUT2D eigenvalue weighted by Crippen LogP contribution is 2.09. The number of carbonyl (C=O) groups is 1. The van der Waals surface area contributed by atoms with Crippen molar-refractivity contribution in [1.29, 1.82) is 0 Å². The number of rotatable bonds is 4. The van der Waals surface area contributed by atoms with E-state index in [1.54, 1.807) is 0 Å². The maximum Gasteiger partial charge on any atom is 0.306 e. The van der Waals surface area contributed by atoms with Crippen LogP contribution in [0.2, 0.25) is 0 Å². The zero-order valence-electron chi connectivity index (χ0n) is 8.02. The first-order valence-electron chi connectivity index (χ1n) is 4.23. The van der Waals surface area contributed by atoms with Crippen molar-refractivity contribution in [2.45, 2.75) is 45.6 Å². The third kappa shape index (κ3) is 7.86. The summed E-state index contributed by atoms with van der Waals surface area (Å²) < 4.78 is 5.10. The lowest BCUT2D eigenvalue weighted by Gasteiger charge is -2.19. The van der Waals surface area contributed by atoms with Crippen LogP contribution in [0.15, 0.2) is 0 Å². The fourth-order valence-corrected chi connectivity index (χ4v) is 0.945. The molecule has 0 aliphatic heterocycles. The van der Waals surface area contributed by atoms with Crippen LogP contribution in [0.3, 0.4) is 0 Å². The van der Waals surface area contributed by atoms with Gasteiger partial charge in [-0.2, -0.15) is 0 Å². The quantitative estimate of drug-likeness (QED) is 0.389. The Bertz CT molecular complexity index is 138. The van der Waals surface area contributed by atoms with Crippen molar-refractivity contribution in [3.63, 3.8) is 0 Å². The average Bonchev–Trinajstić information content (AvgIpc) is 1.84. The number of halogens is 1. The molecule has 0 fully saturated rings. The predicted molar refractivity (Wildman–Crippen MR) is 50.4 cm³/mol. The fraction of sp³-hybridized carbons (Fsp3) is 0.889. The minimum atomic E-state index is -0.363. The summed E-state index contributed by atoms with van der Waals surface area (Å²) in [6.07, 6.45) is 2.17. The van der Waals surface area contributed by atoms with Gasteiger partial charge in [-0.3, -0.25) is 4.79 Å². The van der Waals surface area contributed by atoms with Gasteiger partial charge in [-0.05, 0) is 33.6 Å². The first kappa shape index (κ1) is 11.8. The molecule has 0 atom stereocenters. The molecule has 0 amide bonds. The van der Waals surface area contributed by atoms with E-state index in [2.05, 4.69) is 0 Å². The van der Waals surface area contributed by atoms with Crippen molar-refractivity contribution in [3.05, 3.63) is 0 Å². The van der Waals surface area contributed by atoms with Gasteiger partial charge in [-0.25, -0.2) is 0 Å². The van der Waals surface area contributed by atoms with Crippen LogP contribution in [0.4, 0.5) is 0 Å². The van der Waals surface area contributed by atoms with Crippen LogP contribution in [-0.2, 0) is 9.53 Å². The third-order valence-electron chi connectivity index (χ3n) is 1.18. The third-order valence-corrected chi connectivity index (χ3v) is 1.45. The zero-order chi connectivity index (χ0) is 9.61. The van der Waals surface area contributed by atoms with E-state index in [4.69, 9.17) is 16.3 Å². The Balaban J connectivity index is 3.47. The highest BCUT2D eigenvalue weighted by molar-refractivity contribution is 6.17. The van der Waals surface area contributed by atoms with Crippen LogP contribution in [-0.4, -0.2) is 17.5 Å². The number of carbonyl (C=O) groups excluding carboxylic acids is 1. The number of alkyl halides is 1. The largest absolute Gasteiger partial charge is 0.460 e. The minimum absolute atomic E-state index is 0.132. The molecule has 0 aliphatic rings. The number of esters is 1. The van der Waals surface area contributed by atoms with E-state index in [-0.39, 0.29) is 11.6 Å². The van der Waals surface area contributed by atoms with Crippen LogP contribution in [0.25, 0.3) is 0 Å². The lowest BCUT2D eigenvalue weighted by Crippen LogP contribution is -2.23. The van der Waals surface area contributed by atoms with Gasteiger partial charge in [0.2, 0.25) is 0 Å². The molecule has 2 nitrogen and oxygen atoms in total. The van der Waals surface area contributed by atoms with E-state index in [0.29, 0.717) is 12.3 Å². The van der Waals surface area contributed by atoms with Gasteiger partial charge < -0.3 is 4.74 Å². The van der Waals surface area contributed by atoms with Crippen LogP contribution in [0.1, 0.15) is 40.0 Å². The molecular weight excluding hydrogens is 176 g/mol. The van der Waals surface area contributed by atoms with Gasteiger partial charge in [0.05, 0.1) is 0 Å². The molecule has 0 spiro atoms. The number of ether oxygens (including phenoxy) is 1. The topological polar surface area (TPSA) is 26.3 Å². The van der Waals surface area contributed by atoms with Gasteiger partial charge in [0.1, 0.15) is 5.60 Å². The summed E-state index contributed by atoms with van der Waals surface area (Å²) in [7, 11) is 0. The van der Waals surface area contributed by atoms with Crippen molar-refractivity contribution in [1.82, 2.24) is 0 Å². The zero-order valence-corrected chi connectivity index (χ0v) is 8.78. The molecule has 0 heterocycles. The normalized spacial score (nSPS) is 11.3. The second-order valence-corrected chi connectivity index (χ2v) is 4.11. The molecule has 3 heteroatoms. The van der Waals surface area contributed by atoms with Crippen molar-refractivity contribution >= 4 is 17.6 Å². The molecule has 0 saturated heterocycles. The van der Waals surface area contributed by atoms with Crippen LogP contribution in [0.5, 0.6) is 0 Å². The van der Waals surface area contributed by atoms with E-state index in [0.717, 1.165) is 12.8 Å². The van der Waals surface area contributed by atoms with Gasteiger partial charge in [0.15, 0.2) is 0 Å². The SMILES string of the molecule is CC(C)(C)OC(=O)CCCCCl. The fourth-order valence-electron chi connectivity index (χ4n) is 0.756. The summed E-state index contributed by atoms with van der Waals surface area (Å²) >= 11 is 5.47.